The van der Waals surface area contributed by atoms with E-state index in [1.54, 1.807) is 0 Å². The molecule has 1 aliphatic heterocycles. The van der Waals surface area contributed by atoms with Gasteiger partial charge in [-0.15, -0.1) is 6.58 Å². The first-order valence-corrected chi connectivity index (χ1v) is 7.79. The zero-order valence-electron chi connectivity index (χ0n) is 13.2. The minimum atomic E-state index is -0.438. The Morgan fingerprint density at radius 2 is 1.95 bits per heavy atom. The summed E-state index contributed by atoms with van der Waals surface area (Å²) in [5, 5.41) is 0. The summed E-state index contributed by atoms with van der Waals surface area (Å²) in [4.78, 5) is 12.7. The highest BCUT2D eigenvalue weighted by molar-refractivity contribution is 5.78. The normalized spacial score (nSPS) is 29.4. The van der Waals surface area contributed by atoms with Gasteiger partial charge in [0.05, 0.1) is 11.0 Å². The minimum absolute atomic E-state index is 0.0699. The maximum atomic E-state index is 12.7. The van der Waals surface area contributed by atoms with Crippen LogP contribution in [0.5, 0.6) is 0 Å². The van der Waals surface area contributed by atoms with Crippen LogP contribution in [0.2, 0.25) is 0 Å². The van der Waals surface area contributed by atoms with E-state index in [0.717, 1.165) is 25.7 Å². The van der Waals surface area contributed by atoms with Crippen molar-refractivity contribution in [3.8, 4) is 0 Å². The first kappa shape index (κ1) is 15.6. The summed E-state index contributed by atoms with van der Waals surface area (Å²) in [5.41, 5.74) is -0.956. The summed E-state index contributed by atoms with van der Waals surface area (Å²) >= 11 is 0. The van der Waals surface area contributed by atoms with Crippen LogP contribution >= 0.6 is 0 Å². The number of hydrogen-bond acceptors (Lipinski definition) is 3. The van der Waals surface area contributed by atoms with E-state index in [1.807, 2.05) is 26.8 Å². The van der Waals surface area contributed by atoms with Crippen molar-refractivity contribution < 1.29 is 14.3 Å². The van der Waals surface area contributed by atoms with E-state index >= 15 is 0 Å². The predicted octanol–water partition coefficient (Wildman–Crippen LogP) is 4.01. The fraction of sp³-hybridized carbons (Fsp3) is 0.824. The molecule has 1 unspecified atom stereocenters. The number of esters is 1. The molecule has 1 heterocycles. The van der Waals surface area contributed by atoms with Gasteiger partial charge in [0.1, 0.15) is 5.60 Å². The second-order valence-corrected chi connectivity index (χ2v) is 7.44. The van der Waals surface area contributed by atoms with Crippen molar-refractivity contribution in [2.45, 2.75) is 76.9 Å². The summed E-state index contributed by atoms with van der Waals surface area (Å²) in [5.74, 6) is -0.0699. The Bertz CT molecular complexity index is 374. The third-order valence-corrected chi connectivity index (χ3v) is 4.53. The van der Waals surface area contributed by atoms with Crippen LogP contribution in [0.1, 0.15) is 65.7 Å². The van der Waals surface area contributed by atoms with Crippen LogP contribution in [-0.2, 0) is 14.3 Å². The van der Waals surface area contributed by atoms with Gasteiger partial charge in [0, 0.05) is 6.61 Å². The molecular formula is C17H28O3. The number of carbonyl (C=O) groups excluding carboxylic acids is 1. The Hall–Kier alpha value is -0.830. The Kier molecular flexibility index (Phi) is 4.29. The molecule has 3 heteroatoms. The molecule has 2 aliphatic rings. The lowest BCUT2D eigenvalue weighted by Crippen LogP contribution is -2.49. The summed E-state index contributed by atoms with van der Waals surface area (Å²) in [6.45, 7) is 10.3. The molecule has 0 aromatic carbocycles. The largest absolute Gasteiger partial charge is 0.460 e. The molecule has 0 amide bonds. The molecular weight excluding hydrogens is 252 g/mol. The third-order valence-electron chi connectivity index (χ3n) is 4.53. The predicted molar refractivity (Wildman–Crippen MR) is 79.5 cm³/mol. The van der Waals surface area contributed by atoms with Gasteiger partial charge >= 0.3 is 5.97 Å². The zero-order valence-corrected chi connectivity index (χ0v) is 13.2. The standard InChI is InChI=1S/C17H28O3/c1-5-8-16(14(18)20-15(2,3)4)11-12-19-17(13-16)9-6-7-10-17/h5H,1,6-13H2,2-4H3. The molecule has 2 fully saturated rings. The summed E-state index contributed by atoms with van der Waals surface area (Å²) in [6, 6.07) is 0. The van der Waals surface area contributed by atoms with E-state index in [-0.39, 0.29) is 11.6 Å². The minimum Gasteiger partial charge on any atom is -0.460 e. The molecule has 2 rings (SSSR count). The average Bonchev–Trinajstić information content (AvgIpc) is 2.75. The molecule has 1 atom stereocenters. The van der Waals surface area contributed by atoms with Crippen LogP contribution in [0, 0.1) is 5.41 Å². The third kappa shape index (κ3) is 3.25. The first-order valence-electron chi connectivity index (χ1n) is 7.79. The molecule has 20 heavy (non-hydrogen) atoms. The van der Waals surface area contributed by atoms with Gasteiger partial charge in [0.25, 0.3) is 0 Å². The van der Waals surface area contributed by atoms with Gasteiger partial charge in [-0.1, -0.05) is 18.9 Å². The van der Waals surface area contributed by atoms with Crippen LogP contribution in [0.3, 0.4) is 0 Å². The van der Waals surface area contributed by atoms with Crippen molar-refractivity contribution in [2.75, 3.05) is 6.61 Å². The van der Waals surface area contributed by atoms with Gasteiger partial charge in [-0.3, -0.25) is 4.79 Å². The van der Waals surface area contributed by atoms with E-state index in [9.17, 15) is 4.79 Å². The lowest BCUT2D eigenvalue weighted by Gasteiger charge is -2.45. The van der Waals surface area contributed by atoms with Gasteiger partial charge in [-0.25, -0.2) is 0 Å². The Morgan fingerprint density at radius 1 is 1.30 bits per heavy atom. The molecule has 3 nitrogen and oxygen atoms in total. The van der Waals surface area contributed by atoms with Crippen molar-refractivity contribution in [3.63, 3.8) is 0 Å². The van der Waals surface area contributed by atoms with Gasteiger partial charge in [-0.2, -0.15) is 0 Å². The fourth-order valence-corrected chi connectivity index (χ4v) is 3.65. The van der Waals surface area contributed by atoms with Crippen molar-refractivity contribution in [3.05, 3.63) is 12.7 Å². The van der Waals surface area contributed by atoms with E-state index in [0.29, 0.717) is 13.0 Å². The molecule has 0 radical (unpaired) electrons. The van der Waals surface area contributed by atoms with Crippen LogP contribution in [0.4, 0.5) is 0 Å². The van der Waals surface area contributed by atoms with Crippen LogP contribution in [-0.4, -0.2) is 23.8 Å². The van der Waals surface area contributed by atoms with Crippen molar-refractivity contribution in [1.82, 2.24) is 0 Å². The zero-order chi connectivity index (χ0) is 14.9. The maximum absolute atomic E-state index is 12.7. The highest BCUT2D eigenvalue weighted by atomic mass is 16.6. The molecule has 0 N–H and O–H groups in total. The quantitative estimate of drug-likeness (QED) is 0.578. The lowest BCUT2D eigenvalue weighted by atomic mass is 9.70. The average molecular weight is 280 g/mol. The number of carbonyl (C=O) groups is 1. The van der Waals surface area contributed by atoms with E-state index in [1.165, 1.54) is 12.8 Å². The summed E-state index contributed by atoms with van der Waals surface area (Å²) in [7, 11) is 0. The summed E-state index contributed by atoms with van der Waals surface area (Å²) < 4.78 is 11.8. The van der Waals surface area contributed by atoms with Crippen LogP contribution < -0.4 is 0 Å². The highest BCUT2D eigenvalue weighted by Crippen LogP contribution is 2.49. The number of rotatable bonds is 3. The van der Waals surface area contributed by atoms with Crippen LogP contribution in [0.15, 0.2) is 12.7 Å². The van der Waals surface area contributed by atoms with Crippen molar-refractivity contribution >= 4 is 5.97 Å². The molecule has 0 bridgehead atoms. The topological polar surface area (TPSA) is 35.5 Å². The van der Waals surface area contributed by atoms with Crippen molar-refractivity contribution in [1.29, 1.82) is 0 Å². The smallest absolute Gasteiger partial charge is 0.313 e. The molecule has 1 saturated carbocycles. The molecule has 0 aromatic heterocycles. The van der Waals surface area contributed by atoms with Crippen LogP contribution in [0.25, 0.3) is 0 Å². The number of allylic oxidation sites excluding steroid dienone is 1. The Balaban J connectivity index is 2.20. The molecule has 114 valence electrons. The second kappa shape index (κ2) is 5.51. The molecule has 0 aromatic rings. The SMILES string of the molecule is C=CCC1(C(=O)OC(C)(C)C)CCOC2(CCCC2)C1. The lowest BCUT2D eigenvalue weighted by molar-refractivity contribution is -0.186. The number of hydrogen-bond donors (Lipinski definition) is 0. The molecule has 1 spiro atoms. The Labute approximate surface area is 122 Å². The number of ether oxygens (including phenoxy) is 2. The Morgan fingerprint density at radius 3 is 2.50 bits per heavy atom. The van der Waals surface area contributed by atoms with E-state index < -0.39 is 11.0 Å². The summed E-state index contributed by atoms with van der Waals surface area (Å²) in [6.07, 6.45) is 8.65. The van der Waals surface area contributed by atoms with Crippen molar-refractivity contribution in [2.24, 2.45) is 5.41 Å². The second-order valence-electron chi connectivity index (χ2n) is 7.44. The fourth-order valence-electron chi connectivity index (χ4n) is 3.65. The van der Waals surface area contributed by atoms with Gasteiger partial charge in [0.2, 0.25) is 0 Å². The maximum Gasteiger partial charge on any atom is 0.313 e. The van der Waals surface area contributed by atoms with E-state index in [2.05, 4.69) is 6.58 Å². The highest BCUT2D eigenvalue weighted by Gasteiger charge is 2.51. The first-order chi connectivity index (χ1) is 9.31. The molecule has 1 aliphatic carbocycles. The van der Waals surface area contributed by atoms with Gasteiger partial charge < -0.3 is 9.47 Å². The van der Waals surface area contributed by atoms with Gasteiger partial charge in [-0.05, 0) is 52.9 Å². The molecule has 1 saturated heterocycles. The monoisotopic (exact) mass is 280 g/mol. The van der Waals surface area contributed by atoms with E-state index in [4.69, 9.17) is 9.47 Å². The van der Waals surface area contributed by atoms with Gasteiger partial charge in [0.15, 0.2) is 0 Å².